The van der Waals surface area contributed by atoms with Crippen molar-refractivity contribution in [1.82, 2.24) is 0 Å². The predicted molar refractivity (Wildman–Crippen MR) is 78.9 cm³/mol. The summed E-state index contributed by atoms with van der Waals surface area (Å²) in [6.07, 6.45) is 0. The molecule has 0 bridgehead atoms. The molecule has 2 aromatic rings. The summed E-state index contributed by atoms with van der Waals surface area (Å²) < 4.78 is 14.8. The van der Waals surface area contributed by atoms with E-state index in [2.05, 4.69) is 31.9 Å². The smallest absolute Gasteiger partial charge is 0.127 e. The van der Waals surface area contributed by atoms with Gasteiger partial charge in [0.1, 0.15) is 5.82 Å². The minimum Gasteiger partial charge on any atom is -0.207 e. The van der Waals surface area contributed by atoms with Crippen LogP contribution in [0.3, 0.4) is 0 Å². The van der Waals surface area contributed by atoms with Crippen molar-refractivity contribution in [1.29, 1.82) is 0 Å². The lowest BCUT2D eigenvalue weighted by Crippen LogP contribution is -1.96. The van der Waals surface area contributed by atoms with Crippen LogP contribution in [0.4, 0.5) is 4.39 Å². The van der Waals surface area contributed by atoms with Gasteiger partial charge in [-0.2, -0.15) is 0 Å². The molecule has 1 aromatic heterocycles. The van der Waals surface area contributed by atoms with E-state index < -0.39 is 0 Å². The summed E-state index contributed by atoms with van der Waals surface area (Å²) in [5.41, 5.74) is 1.62. The Labute approximate surface area is 125 Å². The highest BCUT2D eigenvalue weighted by Crippen LogP contribution is 2.39. The maximum absolute atomic E-state index is 13.7. The van der Waals surface area contributed by atoms with Crippen molar-refractivity contribution in [3.8, 4) is 0 Å². The maximum atomic E-state index is 13.7. The average molecular weight is 399 g/mol. The van der Waals surface area contributed by atoms with Gasteiger partial charge >= 0.3 is 0 Å². The fourth-order valence-electron chi connectivity index (χ4n) is 1.59. The molecule has 17 heavy (non-hydrogen) atoms. The number of halogens is 4. The number of alkyl halides is 1. The second-order valence-electron chi connectivity index (χ2n) is 3.59. The molecule has 0 aliphatic rings. The number of hydrogen-bond acceptors (Lipinski definition) is 1. The van der Waals surface area contributed by atoms with Gasteiger partial charge in [-0.15, -0.1) is 11.3 Å². The zero-order valence-electron chi connectivity index (χ0n) is 8.81. The van der Waals surface area contributed by atoms with E-state index in [4.69, 9.17) is 11.6 Å². The maximum Gasteiger partial charge on any atom is 0.127 e. The number of hydrogen-bond donors (Lipinski definition) is 0. The van der Waals surface area contributed by atoms with Gasteiger partial charge in [0.2, 0.25) is 0 Å². The lowest BCUT2D eigenvalue weighted by molar-refractivity contribution is 0.613. The summed E-state index contributed by atoms with van der Waals surface area (Å²) in [4.78, 5) is 0.974. The van der Waals surface area contributed by atoms with Crippen LogP contribution in [0.2, 0.25) is 5.02 Å². The zero-order chi connectivity index (χ0) is 12.6. The lowest BCUT2D eigenvalue weighted by atomic mass is 10.1. The van der Waals surface area contributed by atoms with E-state index in [0.29, 0.717) is 10.6 Å². The van der Waals surface area contributed by atoms with E-state index >= 15 is 0 Å². The monoisotopic (exact) mass is 396 g/mol. The van der Waals surface area contributed by atoms with Crippen LogP contribution in [0.1, 0.15) is 20.8 Å². The van der Waals surface area contributed by atoms with Crippen LogP contribution in [0.25, 0.3) is 0 Å². The highest BCUT2D eigenvalue weighted by atomic mass is 79.9. The Morgan fingerprint density at radius 2 is 2.00 bits per heavy atom. The van der Waals surface area contributed by atoms with E-state index in [1.165, 1.54) is 6.07 Å². The molecule has 0 nitrogen and oxygen atoms in total. The van der Waals surface area contributed by atoms with E-state index in [-0.39, 0.29) is 10.6 Å². The fourth-order valence-corrected chi connectivity index (χ4v) is 4.49. The topological polar surface area (TPSA) is 0 Å². The van der Waals surface area contributed by atoms with E-state index in [1.54, 1.807) is 23.5 Å². The first-order valence-corrected chi connectivity index (χ1v) is 7.74. The van der Waals surface area contributed by atoms with Crippen LogP contribution in [0.5, 0.6) is 0 Å². The van der Waals surface area contributed by atoms with Gasteiger partial charge in [-0.3, -0.25) is 0 Å². The Hall–Kier alpha value is 0.1000. The highest BCUT2D eigenvalue weighted by molar-refractivity contribution is 9.11. The second kappa shape index (κ2) is 5.39. The molecule has 1 aromatic carbocycles. The molecule has 0 N–H and O–H groups in total. The van der Waals surface area contributed by atoms with Crippen molar-refractivity contribution in [2.45, 2.75) is 11.8 Å². The molecule has 0 amide bonds. The number of benzene rings is 1. The second-order valence-corrected chi connectivity index (χ2v) is 7.58. The fraction of sp³-hybridized carbons (Fsp3) is 0.167. The molecule has 0 spiro atoms. The third-order valence-electron chi connectivity index (χ3n) is 2.43. The first kappa shape index (κ1) is 13.5. The molecule has 1 atom stereocenters. The Balaban J connectivity index is 2.46. The summed E-state index contributed by atoms with van der Waals surface area (Å²) in [5, 5.41) is 0.540. The Kier molecular flexibility index (Phi) is 4.29. The summed E-state index contributed by atoms with van der Waals surface area (Å²) in [6.45, 7) is 2.02. The zero-order valence-corrected chi connectivity index (χ0v) is 13.6. The van der Waals surface area contributed by atoms with Crippen molar-refractivity contribution < 1.29 is 4.39 Å². The normalized spacial score (nSPS) is 12.8. The van der Waals surface area contributed by atoms with Crippen molar-refractivity contribution in [2.24, 2.45) is 0 Å². The third kappa shape index (κ3) is 2.92. The Bertz CT molecular complexity index is 553. The van der Waals surface area contributed by atoms with E-state index in [9.17, 15) is 4.39 Å². The van der Waals surface area contributed by atoms with Crippen LogP contribution >= 0.6 is 54.8 Å². The molecule has 1 heterocycles. The van der Waals surface area contributed by atoms with Crippen molar-refractivity contribution in [3.05, 3.63) is 54.9 Å². The first-order chi connectivity index (χ1) is 7.99. The molecular weight excluding hydrogens is 390 g/mol. The molecule has 5 heteroatoms. The van der Waals surface area contributed by atoms with Gasteiger partial charge in [-0.1, -0.05) is 27.5 Å². The van der Waals surface area contributed by atoms with Gasteiger partial charge in [0.25, 0.3) is 0 Å². The van der Waals surface area contributed by atoms with Crippen LogP contribution in [-0.4, -0.2) is 0 Å². The van der Waals surface area contributed by atoms with E-state index in [1.807, 2.05) is 13.0 Å². The Morgan fingerprint density at radius 1 is 1.29 bits per heavy atom. The minimum atomic E-state index is -0.252. The van der Waals surface area contributed by atoms with Crippen LogP contribution in [0, 0.1) is 12.7 Å². The molecule has 0 saturated heterocycles. The van der Waals surface area contributed by atoms with Crippen molar-refractivity contribution >= 4 is 54.8 Å². The van der Waals surface area contributed by atoms with Gasteiger partial charge in [0.15, 0.2) is 0 Å². The molecule has 0 aliphatic heterocycles. The summed E-state index contributed by atoms with van der Waals surface area (Å²) in [6, 6.07) is 6.60. The standard InChI is InChI=1S/C12H8Br2ClFS/c1-6-8(5-11(13)17-6)12(14)9-4-7(15)2-3-10(9)16/h2-5,12H,1H3. The van der Waals surface area contributed by atoms with Gasteiger partial charge in [0, 0.05) is 15.5 Å². The predicted octanol–water partition coefficient (Wildman–Crippen LogP) is 6.10. The van der Waals surface area contributed by atoms with Crippen LogP contribution < -0.4 is 0 Å². The molecule has 0 fully saturated rings. The molecule has 0 saturated carbocycles. The van der Waals surface area contributed by atoms with Crippen LogP contribution in [0.15, 0.2) is 28.1 Å². The molecular formula is C12H8Br2ClFS. The van der Waals surface area contributed by atoms with E-state index in [0.717, 1.165) is 14.2 Å². The largest absolute Gasteiger partial charge is 0.207 e. The van der Waals surface area contributed by atoms with Gasteiger partial charge < -0.3 is 0 Å². The van der Waals surface area contributed by atoms with Gasteiger partial charge in [-0.25, -0.2) is 4.39 Å². The summed E-state index contributed by atoms with van der Waals surface area (Å²) >= 11 is 14.5. The van der Waals surface area contributed by atoms with Gasteiger partial charge in [0.05, 0.1) is 8.61 Å². The molecule has 2 rings (SSSR count). The van der Waals surface area contributed by atoms with Crippen molar-refractivity contribution in [3.63, 3.8) is 0 Å². The third-order valence-corrected chi connectivity index (χ3v) is 5.22. The molecule has 1 unspecified atom stereocenters. The van der Waals surface area contributed by atoms with Crippen LogP contribution in [-0.2, 0) is 0 Å². The average Bonchev–Trinajstić information content (AvgIpc) is 2.60. The van der Waals surface area contributed by atoms with Gasteiger partial charge in [-0.05, 0) is 52.7 Å². The molecule has 0 radical (unpaired) electrons. The minimum absolute atomic E-state index is 0.177. The summed E-state index contributed by atoms with van der Waals surface area (Å²) in [5.74, 6) is -0.252. The summed E-state index contributed by atoms with van der Waals surface area (Å²) in [7, 11) is 0. The molecule has 90 valence electrons. The van der Waals surface area contributed by atoms with Crippen molar-refractivity contribution in [2.75, 3.05) is 0 Å². The lowest BCUT2D eigenvalue weighted by Gasteiger charge is -2.11. The number of aryl methyl sites for hydroxylation is 1. The quantitative estimate of drug-likeness (QED) is 0.537. The number of rotatable bonds is 2. The molecule has 0 aliphatic carbocycles. The SMILES string of the molecule is Cc1sc(Br)cc1C(Br)c1cc(Cl)ccc1F. The highest BCUT2D eigenvalue weighted by Gasteiger charge is 2.19. The first-order valence-electron chi connectivity index (χ1n) is 4.84. The Morgan fingerprint density at radius 3 is 2.59 bits per heavy atom. The number of thiophene rings is 1.